The van der Waals surface area contributed by atoms with Crippen molar-refractivity contribution in [2.45, 2.75) is 341 Å². The predicted molar refractivity (Wildman–Crippen MR) is 390 cm³/mol. The van der Waals surface area contributed by atoms with Crippen LogP contribution in [-0.4, -0.2) is 96.7 Å². The van der Waals surface area contributed by atoms with E-state index in [-0.39, 0.29) is 25.7 Å². The van der Waals surface area contributed by atoms with Crippen LogP contribution in [0.4, 0.5) is 0 Å². The lowest BCUT2D eigenvalue weighted by molar-refractivity contribution is -0.161. The van der Waals surface area contributed by atoms with Gasteiger partial charge < -0.3 is 33.8 Å². The molecule has 556 valence electrons. The Morgan fingerprint density at radius 2 is 0.542 bits per heavy atom. The first-order chi connectivity index (χ1) is 46.7. The summed E-state index contributed by atoms with van der Waals surface area (Å²) in [6.07, 6.45) is 70.1. The van der Waals surface area contributed by atoms with E-state index in [9.17, 15) is 43.2 Å². The van der Waals surface area contributed by atoms with Crippen molar-refractivity contribution in [3.8, 4) is 0 Å². The first-order valence-corrected chi connectivity index (χ1v) is 40.8. The number of aliphatic hydroxyl groups is 1. The monoisotopic (exact) mass is 1390 g/mol. The van der Waals surface area contributed by atoms with E-state index in [0.717, 1.165) is 154 Å². The molecule has 0 bridgehead atoms. The maximum Gasteiger partial charge on any atom is 0.472 e. The summed E-state index contributed by atoms with van der Waals surface area (Å²) < 4.78 is 68.3. The van der Waals surface area contributed by atoms with Crippen LogP contribution in [0.1, 0.15) is 323 Å². The first-order valence-electron chi connectivity index (χ1n) is 37.8. The summed E-state index contributed by atoms with van der Waals surface area (Å²) in [7, 11) is -9.95. The lowest BCUT2D eigenvalue weighted by Gasteiger charge is -2.21. The van der Waals surface area contributed by atoms with Crippen molar-refractivity contribution in [1.29, 1.82) is 0 Å². The normalized spacial score (nSPS) is 14.4. The van der Waals surface area contributed by atoms with E-state index < -0.39 is 97.5 Å². The Hall–Kier alpha value is -3.76. The van der Waals surface area contributed by atoms with Crippen LogP contribution in [0.25, 0.3) is 0 Å². The Kier molecular flexibility index (Phi) is 67.0. The third kappa shape index (κ3) is 68.8. The number of rotatable bonds is 71. The summed E-state index contributed by atoms with van der Waals surface area (Å²) in [4.78, 5) is 72.7. The fraction of sp³-hybridized carbons (Fsp3) is 0.766. The van der Waals surface area contributed by atoms with Gasteiger partial charge in [0.1, 0.15) is 19.3 Å². The molecule has 0 fully saturated rings. The van der Waals surface area contributed by atoms with Crippen molar-refractivity contribution in [2.24, 2.45) is 0 Å². The molecule has 0 aromatic carbocycles. The number of ether oxygens (including phenoxy) is 4. The van der Waals surface area contributed by atoms with Gasteiger partial charge in [0.2, 0.25) is 0 Å². The Morgan fingerprint density at radius 1 is 0.302 bits per heavy atom. The van der Waals surface area contributed by atoms with Gasteiger partial charge in [-0.3, -0.25) is 37.3 Å². The highest BCUT2D eigenvalue weighted by atomic mass is 31.2. The fourth-order valence-electron chi connectivity index (χ4n) is 10.1. The molecule has 0 spiro atoms. The van der Waals surface area contributed by atoms with E-state index in [2.05, 4.69) is 113 Å². The second kappa shape index (κ2) is 69.7. The summed E-state index contributed by atoms with van der Waals surface area (Å²) in [5.41, 5.74) is 0. The zero-order chi connectivity index (χ0) is 70.4. The second-order valence-electron chi connectivity index (χ2n) is 25.2. The van der Waals surface area contributed by atoms with Gasteiger partial charge in [-0.2, -0.15) is 0 Å². The molecular weight excluding hydrogens is 1260 g/mol. The van der Waals surface area contributed by atoms with Gasteiger partial charge in [0.05, 0.1) is 26.4 Å². The summed E-state index contributed by atoms with van der Waals surface area (Å²) >= 11 is 0. The van der Waals surface area contributed by atoms with Gasteiger partial charge in [0.25, 0.3) is 0 Å². The van der Waals surface area contributed by atoms with E-state index in [1.54, 1.807) is 0 Å². The van der Waals surface area contributed by atoms with Crippen LogP contribution in [0.15, 0.2) is 85.1 Å². The maximum absolute atomic E-state index is 13.1. The molecular formula is C77H136O17P2. The Labute approximate surface area is 583 Å². The van der Waals surface area contributed by atoms with Crippen LogP contribution in [0.2, 0.25) is 0 Å². The molecule has 0 aliphatic carbocycles. The minimum Gasteiger partial charge on any atom is -0.462 e. The number of aliphatic hydroxyl groups excluding tert-OH is 1. The molecule has 0 aliphatic rings. The molecule has 19 heteroatoms. The molecule has 96 heavy (non-hydrogen) atoms. The Bertz CT molecular complexity index is 2160. The standard InChI is InChI=1S/C77H136O17P2/c1-5-9-13-17-21-25-29-32-33-34-35-36-37-40-43-46-50-54-58-62-75(80)88-67-72(93-76(81)63-59-55-51-47-41-28-24-20-16-12-8-4)69-91-95(83,84)89-65-71(78)66-90-96(85,86)92-70-73(94-77(82)64-60-56-52-48-44-39-31-27-23-19-15-11-7-3)68-87-74(79)61-57-53-49-45-42-38-30-26-22-18-14-10-6-2/h9,13,21,25-27,30-33,35-36,40,43,71-73,78H,5-8,10-12,14-20,22-24,28-29,34,37-39,41-42,44-70H2,1-4H3,(H,83,84)(H,85,86)/b13-9-,25-21-,30-26-,31-27-,33-32-,36-35-,43-40-. The van der Waals surface area contributed by atoms with Crippen molar-refractivity contribution in [2.75, 3.05) is 39.6 Å². The topological polar surface area (TPSA) is 237 Å². The number of phosphoric ester groups is 2. The van der Waals surface area contributed by atoms with Gasteiger partial charge >= 0.3 is 39.5 Å². The Balaban J connectivity index is 5.32. The molecule has 3 N–H and O–H groups in total. The molecule has 5 unspecified atom stereocenters. The Morgan fingerprint density at radius 3 is 0.865 bits per heavy atom. The first kappa shape index (κ1) is 92.2. The third-order valence-corrected chi connectivity index (χ3v) is 17.7. The second-order valence-corrected chi connectivity index (χ2v) is 28.1. The van der Waals surface area contributed by atoms with Crippen molar-refractivity contribution < 1.29 is 80.2 Å². The molecule has 0 aliphatic heterocycles. The van der Waals surface area contributed by atoms with E-state index >= 15 is 0 Å². The van der Waals surface area contributed by atoms with Crippen molar-refractivity contribution >= 4 is 39.5 Å². The number of phosphoric acid groups is 2. The van der Waals surface area contributed by atoms with Gasteiger partial charge in [-0.05, 0) is 122 Å². The van der Waals surface area contributed by atoms with Gasteiger partial charge in [-0.15, -0.1) is 0 Å². The number of unbranched alkanes of at least 4 members (excludes halogenated alkanes) is 31. The molecule has 17 nitrogen and oxygen atoms in total. The lowest BCUT2D eigenvalue weighted by Crippen LogP contribution is -2.30. The van der Waals surface area contributed by atoms with Crippen LogP contribution >= 0.6 is 15.6 Å². The molecule has 0 amide bonds. The summed E-state index contributed by atoms with van der Waals surface area (Å²) in [6.45, 7) is 4.69. The van der Waals surface area contributed by atoms with Crippen LogP contribution in [0, 0.1) is 0 Å². The summed E-state index contributed by atoms with van der Waals surface area (Å²) in [5.74, 6) is -2.21. The largest absolute Gasteiger partial charge is 0.472 e. The van der Waals surface area contributed by atoms with E-state index in [1.165, 1.54) is 89.9 Å². The molecule has 0 rings (SSSR count). The van der Waals surface area contributed by atoms with Crippen molar-refractivity contribution in [3.05, 3.63) is 85.1 Å². The van der Waals surface area contributed by atoms with Gasteiger partial charge in [0.15, 0.2) is 12.2 Å². The van der Waals surface area contributed by atoms with Crippen LogP contribution in [-0.2, 0) is 65.4 Å². The average molecular weight is 1400 g/mol. The smallest absolute Gasteiger partial charge is 0.462 e. The number of carbonyl (C=O) groups excluding carboxylic acids is 4. The molecule has 0 aromatic rings. The van der Waals surface area contributed by atoms with Crippen LogP contribution < -0.4 is 0 Å². The quantitative estimate of drug-likeness (QED) is 0.0169. The summed E-state index contributed by atoms with van der Waals surface area (Å²) in [6, 6.07) is 0. The highest BCUT2D eigenvalue weighted by molar-refractivity contribution is 7.47. The number of hydrogen-bond donors (Lipinski definition) is 3. The fourth-order valence-corrected chi connectivity index (χ4v) is 11.6. The number of carbonyl (C=O) groups is 4. The summed E-state index contributed by atoms with van der Waals surface area (Å²) in [5, 5.41) is 10.6. The zero-order valence-electron chi connectivity index (χ0n) is 60.5. The van der Waals surface area contributed by atoms with Crippen molar-refractivity contribution in [1.82, 2.24) is 0 Å². The highest BCUT2D eigenvalue weighted by Crippen LogP contribution is 2.45. The molecule has 0 aromatic heterocycles. The molecule has 0 heterocycles. The average Bonchev–Trinajstić information content (AvgIpc) is 1.11. The molecule has 0 radical (unpaired) electrons. The number of esters is 4. The van der Waals surface area contributed by atoms with Crippen LogP contribution in [0.3, 0.4) is 0 Å². The van der Waals surface area contributed by atoms with E-state index in [0.29, 0.717) is 25.7 Å². The highest BCUT2D eigenvalue weighted by Gasteiger charge is 2.30. The van der Waals surface area contributed by atoms with Crippen LogP contribution in [0.5, 0.6) is 0 Å². The predicted octanol–water partition coefficient (Wildman–Crippen LogP) is 21.4. The molecule has 5 atom stereocenters. The minimum atomic E-state index is -4.97. The third-order valence-electron chi connectivity index (χ3n) is 15.8. The van der Waals surface area contributed by atoms with E-state index in [4.69, 9.17) is 37.0 Å². The van der Waals surface area contributed by atoms with Gasteiger partial charge in [0, 0.05) is 25.7 Å². The number of hydrogen-bond acceptors (Lipinski definition) is 15. The number of allylic oxidation sites excluding steroid dienone is 14. The molecule has 0 saturated carbocycles. The SMILES string of the molecule is CC/C=C\C/C=C\C/C=C\C/C=C\C/C=C\CCCCCC(=O)OCC(COP(=O)(O)OCC(O)COP(=O)(O)OCC(COC(=O)CCCCCCC/C=C\CCCCCC)OC(=O)CCCCCCC/C=C\CCCCCC)OC(=O)CCCCCCCCCCCCC. The van der Waals surface area contributed by atoms with Gasteiger partial charge in [-0.25, -0.2) is 9.13 Å². The minimum absolute atomic E-state index is 0.0851. The lowest BCUT2D eigenvalue weighted by atomic mass is 10.1. The van der Waals surface area contributed by atoms with Crippen molar-refractivity contribution in [3.63, 3.8) is 0 Å². The maximum atomic E-state index is 13.1. The molecule has 0 saturated heterocycles. The van der Waals surface area contributed by atoms with E-state index in [1.807, 2.05) is 0 Å². The van der Waals surface area contributed by atoms with Gasteiger partial charge in [-0.1, -0.05) is 260 Å². The zero-order valence-corrected chi connectivity index (χ0v) is 62.3.